The topological polar surface area (TPSA) is 136 Å². The lowest BCUT2D eigenvalue weighted by Crippen LogP contribution is -2.53. The van der Waals surface area contributed by atoms with E-state index in [1.807, 2.05) is 36.5 Å². The van der Waals surface area contributed by atoms with Crippen LogP contribution in [0.4, 0.5) is 34.6 Å². The molecule has 1 unspecified atom stereocenters. The molecule has 4 fully saturated rings. The van der Waals surface area contributed by atoms with E-state index in [2.05, 4.69) is 94.0 Å². The molecule has 1 aliphatic carbocycles. The van der Waals surface area contributed by atoms with Crippen molar-refractivity contribution in [3.8, 4) is 0 Å². The number of imide groups is 1. The number of amides is 2. The summed E-state index contributed by atoms with van der Waals surface area (Å²) in [5.74, 6) is 0.962. The van der Waals surface area contributed by atoms with Gasteiger partial charge < -0.3 is 20.9 Å². The van der Waals surface area contributed by atoms with Crippen molar-refractivity contribution in [3.05, 3.63) is 90.6 Å². The zero-order chi connectivity index (χ0) is 37.8. The van der Waals surface area contributed by atoms with Crippen LogP contribution in [0, 0.1) is 0 Å². The predicted octanol–water partition coefficient (Wildman–Crippen LogP) is 6.43. The second-order valence-electron chi connectivity index (χ2n) is 15.7. The number of carbonyl (C=O) groups excluding carboxylic acids is 2. The number of hydrogen-bond acceptors (Lipinski definition) is 11. The molecule has 0 bridgehead atoms. The maximum atomic E-state index is 12.2. The lowest BCUT2D eigenvalue weighted by Gasteiger charge is -2.43. The maximum Gasteiger partial charge on any atom is 0.249 e. The summed E-state index contributed by atoms with van der Waals surface area (Å²) in [6.07, 6.45) is 9.75. The molecule has 1 atom stereocenters. The average molecular weight is 754 g/mol. The van der Waals surface area contributed by atoms with E-state index in [9.17, 15) is 9.59 Å². The van der Waals surface area contributed by atoms with Crippen LogP contribution in [0.3, 0.4) is 0 Å². The van der Waals surface area contributed by atoms with E-state index >= 15 is 0 Å². The summed E-state index contributed by atoms with van der Waals surface area (Å²) in [7, 11) is 0. The van der Waals surface area contributed by atoms with Crippen LogP contribution in [0.25, 0.3) is 11.2 Å². The van der Waals surface area contributed by atoms with Crippen LogP contribution >= 0.6 is 0 Å². The second-order valence-corrected chi connectivity index (χ2v) is 15.7. The summed E-state index contributed by atoms with van der Waals surface area (Å²) in [4.78, 5) is 46.0. The van der Waals surface area contributed by atoms with Gasteiger partial charge in [-0.1, -0.05) is 43.2 Å². The minimum atomic E-state index is -0.369. The number of piperidine rings is 2. The van der Waals surface area contributed by atoms with Crippen molar-refractivity contribution in [2.24, 2.45) is 0 Å². The van der Waals surface area contributed by atoms with Gasteiger partial charge in [0.15, 0.2) is 5.65 Å². The Morgan fingerprint density at radius 2 is 1.46 bits per heavy atom. The van der Waals surface area contributed by atoms with Crippen molar-refractivity contribution < 1.29 is 9.59 Å². The number of nitrogens with one attached hydrogen (secondary N) is 4. The highest BCUT2D eigenvalue weighted by Crippen LogP contribution is 2.36. The predicted molar refractivity (Wildman–Crippen MR) is 221 cm³/mol. The molecule has 56 heavy (non-hydrogen) atoms. The monoisotopic (exact) mass is 753 g/mol. The number of rotatable bonds is 11. The van der Waals surface area contributed by atoms with E-state index in [-0.39, 0.29) is 17.9 Å². The zero-order valence-corrected chi connectivity index (χ0v) is 31.9. The quantitative estimate of drug-likeness (QED) is 0.111. The first kappa shape index (κ1) is 36.1. The Balaban J connectivity index is 0.760. The Bertz CT molecular complexity index is 2130. The van der Waals surface area contributed by atoms with Crippen LogP contribution in [0.15, 0.2) is 85.1 Å². The molecule has 13 nitrogen and oxygen atoms in total. The molecule has 0 spiro atoms. The number of benzene rings is 3. The number of nitrogens with zero attached hydrogens (tertiary/aromatic N) is 7. The van der Waals surface area contributed by atoms with Gasteiger partial charge in [0.05, 0.1) is 6.20 Å². The normalized spacial score (nSPS) is 20.4. The first-order chi connectivity index (χ1) is 27.5. The van der Waals surface area contributed by atoms with Crippen LogP contribution in [-0.2, 0) is 16.1 Å². The van der Waals surface area contributed by atoms with Crippen LogP contribution in [0.5, 0.6) is 0 Å². The molecule has 3 aromatic carbocycles. The minimum Gasteiger partial charge on any atom is -0.374 e. The molecule has 2 aromatic heterocycles. The molecular weight excluding hydrogens is 703 g/mol. The average Bonchev–Trinajstić information content (AvgIpc) is 3.88. The largest absolute Gasteiger partial charge is 0.374 e. The SMILES string of the molecule is O=C1CCC(Nc2cccc(CN3CCN(C4CCN(c5ccc(Nc6ncc7nc(Nc8ccccc8)n(C8CCCC8)c7n6)cc5)CC4)CC3)c2)C(=O)N1. The van der Waals surface area contributed by atoms with Crippen molar-refractivity contribution in [2.45, 2.75) is 76.0 Å². The van der Waals surface area contributed by atoms with Crippen molar-refractivity contribution in [2.75, 3.05) is 60.1 Å². The van der Waals surface area contributed by atoms with Gasteiger partial charge in [-0.15, -0.1) is 0 Å². The molecule has 3 aliphatic heterocycles. The van der Waals surface area contributed by atoms with Gasteiger partial charge in [-0.2, -0.15) is 4.98 Å². The van der Waals surface area contributed by atoms with Crippen LogP contribution in [-0.4, -0.2) is 92.5 Å². The molecule has 4 N–H and O–H groups in total. The number of carbonyl (C=O) groups is 2. The third kappa shape index (κ3) is 8.19. The van der Waals surface area contributed by atoms with E-state index in [0.717, 1.165) is 106 Å². The number of aromatic nitrogens is 4. The lowest BCUT2D eigenvalue weighted by atomic mass is 10.0. The number of anilines is 6. The first-order valence-electron chi connectivity index (χ1n) is 20.4. The standard InChI is InChI=1S/C43H51N11O2/c55-39-18-17-37(41(56)49-39)45-33-10-6-7-30(27-33)29-51-23-25-53(26-24-51)35-19-21-52(22-20-35)34-15-13-32(14-16-34)46-42-44-28-38-40(50-42)54(36-11-4-5-12-36)43(48-38)47-31-8-2-1-3-9-31/h1-3,6-10,13-16,27-28,35-37,45H,4-5,11-12,17-26,29H2,(H,47,48)(H,44,46,50)(H,49,55,56). The van der Waals surface area contributed by atoms with E-state index in [4.69, 9.17) is 9.97 Å². The zero-order valence-electron chi connectivity index (χ0n) is 31.9. The number of imidazole rings is 1. The molecule has 1 saturated carbocycles. The lowest BCUT2D eigenvalue weighted by molar-refractivity contribution is -0.133. The molecule has 290 valence electrons. The van der Waals surface area contributed by atoms with Crippen molar-refractivity contribution in [3.63, 3.8) is 0 Å². The minimum absolute atomic E-state index is 0.193. The van der Waals surface area contributed by atoms with Gasteiger partial charge >= 0.3 is 0 Å². The molecule has 5 heterocycles. The second kappa shape index (κ2) is 16.3. The number of fused-ring (bicyclic) bond motifs is 1. The highest BCUT2D eigenvalue weighted by Gasteiger charge is 2.29. The molecule has 4 aliphatic rings. The molecule has 13 heteroatoms. The summed E-state index contributed by atoms with van der Waals surface area (Å²) in [5, 5.41) is 12.7. The van der Waals surface area contributed by atoms with Crippen molar-refractivity contribution in [1.82, 2.24) is 34.6 Å². The summed E-state index contributed by atoms with van der Waals surface area (Å²) in [6, 6.07) is 27.8. The van der Waals surface area contributed by atoms with Gasteiger partial charge in [0.1, 0.15) is 11.6 Å². The van der Waals surface area contributed by atoms with Crippen LogP contribution in [0.2, 0.25) is 0 Å². The Morgan fingerprint density at radius 1 is 0.714 bits per heavy atom. The smallest absolute Gasteiger partial charge is 0.249 e. The van der Waals surface area contributed by atoms with Crippen LogP contribution < -0.4 is 26.2 Å². The molecule has 2 amide bonds. The number of hydrogen-bond donors (Lipinski definition) is 4. The fraction of sp³-hybridized carbons (Fsp3) is 0.419. The molecule has 9 rings (SSSR count). The highest BCUT2D eigenvalue weighted by atomic mass is 16.2. The maximum absolute atomic E-state index is 12.2. The van der Waals surface area contributed by atoms with Gasteiger partial charge in [0, 0.05) is 87.1 Å². The Labute approximate surface area is 327 Å². The molecule has 5 aromatic rings. The third-order valence-corrected chi connectivity index (χ3v) is 11.9. The summed E-state index contributed by atoms with van der Waals surface area (Å²) < 4.78 is 2.28. The number of piperazine rings is 1. The van der Waals surface area contributed by atoms with Crippen LogP contribution in [0.1, 0.15) is 63.0 Å². The van der Waals surface area contributed by atoms with E-state index in [1.54, 1.807) is 0 Å². The summed E-state index contributed by atoms with van der Waals surface area (Å²) >= 11 is 0. The Kier molecular flexibility index (Phi) is 10.5. The highest BCUT2D eigenvalue weighted by molar-refractivity contribution is 6.01. The van der Waals surface area contributed by atoms with Gasteiger partial charge in [0.2, 0.25) is 23.7 Å². The fourth-order valence-electron chi connectivity index (χ4n) is 8.91. The van der Waals surface area contributed by atoms with Crippen molar-refractivity contribution >= 4 is 57.6 Å². The van der Waals surface area contributed by atoms with Crippen molar-refractivity contribution in [1.29, 1.82) is 0 Å². The Hall–Kier alpha value is -5.53. The molecule has 0 radical (unpaired) electrons. The van der Waals surface area contributed by atoms with E-state index in [0.29, 0.717) is 30.9 Å². The van der Waals surface area contributed by atoms with E-state index in [1.165, 1.54) is 24.1 Å². The first-order valence-corrected chi connectivity index (χ1v) is 20.4. The van der Waals surface area contributed by atoms with Gasteiger partial charge in [0.25, 0.3) is 0 Å². The summed E-state index contributed by atoms with van der Waals surface area (Å²) in [5.41, 5.74) is 7.04. The van der Waals surface area contributed by atoms with E-state index < -0.39 is 0 Å². The molecule has 3 saturated heterocycles. The van der Waals surface area contributed by atoms with Gasteiger partial charge in [-0.05, 0) is 86.2 Å². The molecular formula is C43H51N11O2. The van der Waals surface area contributed by atoms with Gasteiger partial charge in [-0.25, -0.2) is 9.97 Å². The third-order valence-electron chi connectivity index (χ3n) is 11.9. The summed E-state index contributed by atoms with van der Waals surface area (Å²) in [6.45, 7) is 7.25. The number of para-hydroxylation sites is 1. The van der Waals surface area contributed by atoms with Gasteiger partial charge in [-0.3, -0.25) is 29.3 Å². The fourth-order valence-corrected chi connectivity index (χ4v) is 8.91. The Morgan fingerprint density at radius 3 is 2.23 bits per heavy atom.